The molecule has 10 N–H and O–H groups in total. The summed E-state index contributed by atoms with van der Waals surface area (Å²) in [5, 5.41) is 42.8. The second-order valence-corrected chi connectivity index (χ2v) is 31.3. The molecule has 27 heteroatoms. The molecule has 0 radical (unpaired) electrons. The molecule has 100 heavy (non-hydrogen) atoms. The van der Waals surface area contributed by atoms with Crippen molar-refractivity contribution in [1.82, 2.24) is 56.8 Å². The van der Waals surface area contributed by atoms with Gasteiger partial charge in [-0.1, -0.05) is 166 Å². The zero-order valence-electron chi connectivity index (χ0n) is 64.2. The van der Waals surface area contributed by atoms with Crippen LogP contribution in [0.2, 0.25) is 0 Å². The topological polar surface area (TPSA) is 351 Å². The van der Waals surface area contributed by atoms with Gasteiger partial charge in [-0.05, 0) is 136 Å². The van der Waals surface area contributed by atoms with Gasteiger partial charge in [0.15, 0.2) is 0 Å². The minimum atomic E-state index is -0.601. The molecule has 0 aliphatic rings. The molecule has 0 fully saturated rings. The molecule has 0 aromatic heterocycles. The average Bonchev–Trinajstić information content (AvgIpc) is 0.921. The Bertz CT molecular complexity index is 2670. The summed E-state index contributed by atoms with van der Waals surface area (Å²) in [5.74, 6) is -3.41. The second kappa shape index (κ2) is 51.9. The number of hydrogen-bond donors (Lipinski definition) is 10. The fourth-order valence-electron chi connectivity index (χ4n) is 9.26. The van der Waals surface area contributed by atoms with Crippen molar-refractivity contribution < 1.29 is 78.4 Å². The number of aryl methyl sites for hydroxylation is 2. The van der Waals surface area contributed by atoms with E-state index in [1.165, 1.54) is 47.7 Å². The van der Waals surface area contributed by atoms with Crippen molar-refractivity contribution >= 4 is 59.1 Å². The van der Waals surface area contributed by atoms with Gasteiger partial charge in [-0.15, -0.1) is 0 Å². The number of carbonyl (C=O) groups excluding carboxylic acids is 10. The van der Waals surface area contributed by atoms with Crippen molar-refractivity contribution in [3.8, 4) is 0 Å². The Kier molecular flexibility index (Phi) is 50.3. The summed E-state index contributed by atoms with van der Waals surface area (Å²) in [7, 11) is 4.00. The zero-order valence-corrected chi connectivity index (χ0v) is 64.2. The van der Waals surface area contributed by atoms with Gasteiger partial charge < -0.3 is 29.4 Å². The van der Waals surface area contributed by atoms with E-state index in [2.05, 4.69) is 24.0 Å². The van der Waals surface area contributed by atoms with Gasteiger partial charge in [-0.2, -0.15) is 0 Å². The molecular weight excluding hydrogens is 1290 g/mol. The second-order valence-electron chi connectivity index (χ2n) is 31.3. The van der Waals surface area contributed by atoms with Crippen molar-refractivity contribution in [3.63, 3.8) is 0 Å². The van der Waals surface area contributed by atoms with E-state index in [1.807, 2.05) is 136 Å². The highest BCUT2D eigenvalue weighted by atomic mass is 19.1. The van der Waals surface area contributed by atoms with Gasteiger partial charge in [0.1, 0.15) is 38.5 Å². The predicted octanol–water partition coefficient (Wildman–Crippen LogP) is 9.52. The van der Waals surface area contributed by atoms with Crippen molar-refractivity contribution in [2.75, 3.05) is 86.1 Å². The quantitative estimate of drug-likeness (QED) is 0.0174. The fourth-order valence-corrected chi connectivity index (χ4v) is 9.26. The zero-order chi connectivity index (χ0) is 77.5. The molecule has 0 saturated heterocycles. The first-order valence-corrected chi connectivity index (χ1v) is 34.7. The SMILES string of the molecule is CC(C)(C)CC(=O)N(CCCCc1ccc(F)cc1)CC(=O)NO.CC(C)(C)CC(=O)N(CCCCc1ccccc1)CC(=O)NO.CCCCCN(CC(=O)NO)C(=O)CC(C)(C)C.CCN(CC(=O)NO)C(=O)CC(C)(C)C.CN(C)CCCCN(CC(=O)NO)C(=O)CC(C)(C)C. The minimum Gasteiger partial charge on any atom is -0.334 e. The first-order valence-electron chi connectivity index (χ1n) is 34.7. The first-order chi connectivity index (χ1) is 46.3. The molecule has 2 aromatic rings. The summed E-state index contributed by atoms with van der Waals surface area (Å²) >= 11 is 0. The highest BCUT2D eigenvalue weighted by Gasteiger charge is 2.27. The van der Waals surface area contributed by atoms with Gasteiger partial charge >= 0.3 is 0 Å². The van der Waals surface area contributed by atoms with E-state index in [9.17, 15) is 52.3 Å². The van der Waals surface area contributed by atoms with E-state index in [0.29, 0.717) is 64.8 Å². The van der Waals surface area contributed by atoms with Crippen LogP contribution >= 0.6 is 0 Å². The third-order valence-electron chi connectivity index (χ3n) is 14.2. The molecule has 0 bridgehead atoms. The lowest BCUT2D eigenvalue weighted by atomic mass is 9.91. The van der Waals surface area contributed by atoms with Crippen LogP contribution in [0.3, 0.4) is 0 Å². The van der Waals surface area contributed by atoms with E-state index in [-0.39, 0.29) is 95.2 Å². The molecule has 0 unspecified atom stereocenters. The number of hydroxylamine groups is 5. The van der Waals surface area contributed by atoms with Gasteiger partial charge in [0.05, 0.1) is 0 Å². The van der Waals surface area contributed by atoms with Gasteiger partial charge in [0, 0.05) is 64.8 Å². The molecule has 0 spiro atoms. The van der Waals surface area contributed by atoms with E-state index in [0.717, 1.165) is 82.7 Å². The Morgan fingerprint density at radius 1 is 0.340 bits per heavy atom. The smallest absolute Gasteiger partial charge is 0.262 e. The summed E-state index contributed by atoms with van der Waals surface area (Å²) in [6.07, 6.45) is 11.7. The number of unbranched alkanes of at least 4 members (excludes halogenated alkanes) is 5. The van der Waals surface area contributed by atoms with Crippen LogP contribution in [0.15, 0.2) is 54.6 Å². The van der Waals surface area contributed by atoms with E-state index in [4.69, 9.17) is 26.0 Å². The van der Waals surface area contributed by atoms with Gasteiger partial charge in [0.25, 0.3) is 29.5 Å². The molecule has 0 saturated carbocycles. The Balaban J connectivity index is -0.00000119. The Morgan fingerprint density at radius 3 is 0.830 bits per heavy atom. The van der Waals surface area contributed by atoms with Crippen molar-refractivity contribution in [2.24, 2.45) is 27.1 Å². The van der Waals surface area contributed by atoms with E-state index in [1.54, 1.807) is 41.0 Å². The first kappa shape index (κ1) is 97.0. The van der Waals surface area contributed by atoms with E-state index < -0.39 is 29.5 Å². The van der Waals surface area contributed by atoms with Gasteiger partial charge in [0.2, 0.25) is 29.5 Å². The monoisotopic (exact) mass is 1420 g/mol. The van der Waals surface area contributed by atoms with Crippen LogP contribution in [0.5, 0.6) is 0 Å². The summed E-state index contributed by atoms with van der Waals surface area (Å²) in [5.41, 5.74) is 9.53. The van der Waals surface area contributed by atoms with Crippen LogP contribution < -0.4 is 27.4 Å². The molecule has 2 aromatic carbocycles. The molecule has 0 atom stereocenters. The van der Waals surface area contributed by atoms with Crippen LogP contribution in [0.1, 0.15) is 219 Å². The number of nitrogens with zero attached hydrogens (tertiary/aromatic N) is 6. The van der Waals surface area contributed by atoms with Crippen LogP contribution in [-0.2, 0) is 60.8 Å². The summed E-state index contributed by atoms with van der Waals surface area (Å²) < 4.78 is 12.9. The molecule has 0 aliphatic heterocycles. The average molecular weight is 1420 g/mol. The number of halogens is 1. The summed E-state index contributed by atoms with van der Waals surface area (Å²) in [6.45, 7) is 36.5. The van der Waals surface area contributed by atoms with Crippen LogP contribution in [0.4, 0.5) is 4.39 Å². The number of carbonyl (C=O) groups is 10. The van der Waals surface area contributed by atoms with Crippen molar-refractivity contribution in [3.05, 3.63) is 71.5 Å². The molecule has 0 heterocycles. The number of hydrogen-bond acceptors (Lipinski definition) is 16. The van der Waals surface area contributed by atoms with Gasteiger partial charge in [-0.3, -0.25) is 74.0 Å². The standard InChI is InChI=1S/C18H27FN2O3.C18H28N2O3.C14H29N3O3.C13H26N2O3.C10H20N2O3/c1-18(2,3)12-17(23)21(13-16(22)20-24)11-5-4-6-14-7-9-15(19)10-8-14;1-18(2,3)13-17(22)20(14-16(21)19-23)12-8-7-11-15-9-5-4-6-10-15;1-14(2,3)10-13(19)17(11-12(18)15-20)9-7-6-8-16(4)5;1-5-6-7-8-15(10-11(16)14-18)12(17)9-13(2,3)4;1-5-12(7-8(13)11-15)9(14)6-10(2,3)4/h7-10,24H,4-6,11-13H2,1-3H3,(H,20,22);4-6,9-10,23H,7-8,11-14H2,1-3H3,(H,19,21);20H,6-11H2,1-5H3,(H,15,18);18H,5-10H2,1-4H3,(H,14,16);15H,5-7H2,1-4H3,(H,11,13). The molecule has 26 nitrogen and oxygen atoms in total. The number of amides is 10. The maximum absolute atomic E-state index is 12.9. The minimum absolute atomic E-state index is 0.0396. The van der Waals surface area contributed by atoms with Crippen molar-refractivity contribution in [1.29, 1.82) is 0 Å². The van der Waals surface area contributed by atoms with Crippen LogP contribution in [-0.4, -0.2) is 201 Å². The maximum atomic E-state index is 12.9. The lowest BCUT2D eigenvalue weighted by molar-refractivity contribution is -0.140. The van der Waals surface area contributed by atoms with E-state index >= 15 is 0 Å². The molecule has 574 valence electrons. The predicted molar refractivity (Wildman–Crippen MR) is 385 cm³/mol. The fraction of sp³-hybridized carbons (Fsp3) is 0.699. The Hall–Kier alpha value is -7.17. The largest absolute Gasteiger partial charge is 0.334 e. The summed E-state index contributed by atoms with van der Waals surface area (Å²) in [4.78, 5) is 126. The normalized spacial score (nSPS) is 11.2. The van der Waals surface area contributed by atoms with Crippen LogP contribution in [0, 0.1) is 32.9 Å². The number of benzene rings is 2. The Labute approximate surface area is 597 Å². The maximum Gasteiger partial charge on any atom is 0.262 e. The number of rotatable bonds is 35. The Morgan fingerprint density at radius 2 is 0.580 bits per heavy atom. The molecule has 10 amide bonds. The lowest BCUT2D eigenvalue weighted by Crippen LogP contribution is -2.41. The highest BCUT2D eigenvalue weighted by molar-refractivity contribution is 5.87. The van der Waals surface area contributed by atoms with Crippen molar-refractivity contribution in [2.45, 2.75) is 220 Å². The summed E-state index contributed by atoms with van der Waals surface area (Å²) in [6, 6.07) is 16.5. The molecule has 0 aliphatic carbocycles. The molecular formula is C73H130FN11O15. The van der Waals surface area contributed by atoms with Gasteiger partial charge in [-0.25, -0.2) is 31.8 Å². The number of likely N-dealkylation sites (N-methyl/N-ethyl adjacent to an activating group) is 1. The number of nitrogens with one attached hydrogen (secondary N) is 5. The third-order valence-corrected chi connectivity index (χ3v) is 14.2. The third kappa shape index (κ3) is 56.6. The molecule has 2 rings (SSSR count). The lowest BCUT2D eigenvalue weighted by Gasteiger charge is -2.26. The van der Waals surface area contributed by atoms with Crippen LogP contribution in [0.25, 0.3) is 0 Å². The highest BCUT2D eigenvalue weighted by Crippen LogP contribution is 2.24.